The van der Waals surface area contributed by atoms with Crippen molar-refractivity contribution in [3.05, 3.63) is 39.9 Å². The number of ether oxygens (including phenoxy) is 3. The fourth-order valence-corrected chi connectivity index (χ4v) is 2.81. The smallest absolute Gasteiger partial charge is 0.408 e. The van der Waals surface area contributed by atoms with Gasteiger partial charge in [-0.05, 0) is 38.5 Å². The molecule has 1 aromatic rings. The lowest BCUT2D eigenvalue weighted by atomic mass is 9.95. The molecule has 170 valence electrons. The van der Waals surface area contributed by atoms with Crippen LogP contribution in [0, 0.1) is 10.1 Å². The second-order valence-electron chi connectivity index (χ2n) is 7.74. The number of hydrogen-bond acceptors (Lipinski definition) is 9. The highest BCUT2D eigenvalue weighted by Crippen LogP contribution is 2.22. The van der Waals surface area contributed by atoms with Crippen molar-refractivity contribution < 1.29 is 38.6 Å². The fraction of sp³-hybridized carbons (Fsp3) is 0.526. The van der Waals surface area contributed by atoms with Crippen LogP contribution in [0.15, 0.2) is 24.3 Å². The van der Waals surface area contributed by atoms with Gasteiger partial charge in [-0.3, -0.25) is 19.7 Å². The third kappa shape index (κ3) is 6.89. The van der Waals surface area contributed by atoms with Crippen molar-refractivity contribution in [3.63, 3.8) is 0 Å². The number of nitro groups is 1. The van der Waals surface area contributed by atoms with Crippen LogP contribution in [0.4, 0.5) is 10.5 Å². The first-order valence-electron chi connectivity index (χ1n) is 9.39. The number of carbonyl (C=O) groups is 3. The molecule has 2 unspecified atom stereocenters. The monoisotopic (exact) mass is 439 g/mol. The number of aliphatic hydroxyl groups is 1. The number of nitro benzene ring substituents is 1. The second-order valence-corrected chi connectivity index (χ2v) is 7.74. The zero-order valence-electron chi connectivity index (χ0n) is 17.4. The molecule has 2 amide bonds. The van der Waals surface area contributed by atoms with Crippen LogP contribution in [0.5, 0.6) is 0 Å². The molecule has 0 bridgehead atoms. The summed E-state index contributed by atoms with van der Waals surface area (Å²) in [5, 5.41) is 22.0. The van der Waals surface area contributed by atoms with Gasteiger partial charge in [0.2, 0.25) is 5.91 Å². The third-order valence-electron chi connectivity index (χ3n) is 4.23. The summed E-state index contributed by atoms with van der Waals surface area (Å²) >= 11 is 0. The van der Waals surface area contributed by atoms with Crippen LogP contribution in [0.1, 0.15) is 26.3 Å². The lowest BCUT2D eigenvalue weighted by Crippen LogP contribution is -2.73. The van der Waals surface area contributed by atoms with Crippen molar-refractivity contribution in [2.75, 3.05) is 19.9 Å². The molecule has 31 heavy (non-hydrogen) atoms. The Hall–Kier alpha value is -3.25. The molecule has 12 nitrogen and oxygen atoms in total. The van der Waals surface area contributed by atoms with Crippen molar-refractivity contribution in [3.8, 4) is 0 Å². The molecule has 0 aromatic heterocycles. The van der Waals surface area contributed by atoms with E-state index in [1.165, 1.54) is 24.3 Å². The summed E-state index contributed by atoms with van der Waals surface area (Å²) in [5.74, 6) is -1.24. The van der Waals surface area contributed by atoms with E-state index in [1.54, 1.807) is 20.8 Å². The highest BCUT2D eigenvalue weighted by Gasteiger charge is 2.49. The van der Waals surface area contributed by atoms with Crippen molar-refractivity contribution in [2.45, 2.75) is 45.1 Å². The molecule has 2 N–H and O–H groups in total. The number of carbonyl (C=O) groups excluding carboxylic acids is 3. The molecule has 1 heterocycles. The molecule has 0 saturated carbocycles. The van der Waals surface area contributed by atoms with Crippen LogP contribution in [0.25, 0.3) is 0 Å². The first-order chi connectivity index (χ1) is 14.5. The standard InChI is InChI=1S/C19H25N3O9/c1-19(2,3)31-18(26)20-16-14(10-29-11-23)21(17(16)25)8-15(24)30-9-12-4-6-13(7-5-12)22(27)28/h4-7,14,16,23H,8-11H2,1-3H3,(H,20,26). The number of esters is 1. The van der Waals surface area contributed by atoms with E-state index < -0.39 is 53.9 Å². The zero-order chi connectivity index (χ0) is 23.2. The fourth-order valence-electron chi connectivity index (χ4n) is 2.81. The molecule has 2 rings (SSSR count). The predicted octanol–water partition coefficient (Wildman–Crippen LogP) is 0.708. The number of non-ortho nitro benzene ring substituents is 1. The molecule has 1 fully saturated rings. The Morgan fingerprint density at radius 3 is 2.45 bits per heavy atom. The lowest BCUT2D eigenvalue weighted by Gasteiger charge is -2.46. The van der Waals surface area contributed by atoms with Crippen LogP contribution in [0.2, 0.25) is 0 Å². The first kappa shape index (κ1) is 24.0. The van der Waals surface area contributed by atoms with E-state index in [-0.39, 0.29) is 18.9 Å². The molecule has 1 saturated heterocycles. The molecule has 1 aliphatic rings. The Morgan fingerprint density at radius 2 is 1.90 bits per heavy atom. The maximum atomic E-state index is 12.4. The van der Waals surface area contributed by atoms with Gasteiger partial charge in [0.1, 0.15) is 31.6 Å². The highest BCUT2D eigenvalue weighted by molar-refractivity contribution is 5.94. The second kappa shape index (κ2) is 10.2. The number of alkyl carbamates (subject to hydrolysis) is 1. The SMILES string of the molecule is CC(C)(C)OC(=O)NC1C(=O)N(CC(=O)OCc2ccc([N+](=O)[O-])cc2)C1COCO. The Morgan fingerprint density at radius 1 is 1.26 bits per heavy atom. The van der Waals surface area contributed by atoms with Gasteiger partial charge < -0.3 is 29.5 Å². The average Bonchev–Trinajstić information content (AvgIpc) is 2.69. The molecule has 0 radical (unpaired) electrons. The van der Waals surface area contributed by atoms with E-state index >= 15 is 0 Å². The van der Waals surface area contributed by atoms with Gasteiger partial charge in [0.05, 0.1) is 17.6 Å². The minimum absolute atomic E-state index is 0.0866. The zero-order valence-corrected chi connectivity index (χ0v) is 17.4. The van der Waals surface area contributed by atoms with E-state index in [0.717, 1.165) is 4.90 Å². The van der Waals surface area contributed by atoms with E-state index in [1.807, 2.05) is 0 Å². The van der Waals surface area contributed by atoms with Gasteiger partial charge in [0.25, 0.3) is 5.69 Å². The summed E-state index contributed by atoms with van der Waals surface area (Å²) in [5.41, 5.74) is -0.301. The average molecular weight is 439 g/mol. The number of likely N-dealkylation sites (tertiary alicyclic amines) is 1. The molecule has 1 aromatic carbocycles. The molecular weight excluding hydrogens is 414 g/mol. The molecule has 2 atom stereocenters. The van der Waals surface area contributed by atoms with Gasteiger partial charge >= 0.3 is 12.1 Å². The van der Waals surface area contributed by atoms with Gasteiger partial charge in [0.15, 0.2) is 0 Å². The summed E-state index contributed by atoms with van der Waals surface area (Å²) in [6.07, 6.45) is -0.791. The van der Waals surface area contributed by atoms with Gasteiger partial charge in [-0.15, -0.1) is 0 Å². The van der Waals surface area contributed by atoms with E-state index in [0.29, 0.717) is 5.56 Å². The van der Waals surface area contributed by atoms with Crippen LogP contribution in [-0.2, 0) is 30.4 Å². The Bertz CT molecular complexity index is 820. The number of hydrogen-bond donors (Lipinski definition) is 2. The largest absolute Gasteiger partial charge is 0.459 e. The molecule has 12 heteroatoms. The van der Waals surface area contributed by atoms with Crippen LogP contribution < -0.4 is 5.32 Å². The molecular formula is C19H25N3O9. The number of aliphatic hydroxyl groups excluding tert-OH is 1. The van der Waals surface area contributed by atoms with E-state index in [9.17, 15) is 24.5 Å². The molecule has 1 aliphatic heterocycles. The predicted molar refractivity (Wildman–Crippen MR) is 105 cm³/mol. The van der Waals surface area contributed by atoms with Crippen LogP contribution in [-0.4, -0.2) is 70.5 Å². The van der Waals surface area contributed by atoms with Crippen LogP contribution >= 0.6 is 0 Å². The Kier molecular flexibility index (Phi) is 7.89. The number of rotatable bonds is 9. The van der Waals surface area contributed by atoms with Crippen molar-refractivity contribution >= 4 is 23.7 Å². The highest BCUT2D eigenvalue weighted by atomic mass is 16.6. The number of nitrogens with one attached hydrogen (secondary N) is 1. The van der Waals surface area contributed by atoms with Crippen molar-refractivity contribution in [2.24, 2.45) is 0 Å². The third-order valence-corrected chi connectivity index (χ3v) is 4.23. The lowest BCUT2D eigenvalue weighted by molar-refractivity contribution is -0.384. The van der Waals surface area contributed by atoms with E-state index in [4.69, 9.17) is 19.3 Å². The van der Waals surface area contributed by atoms with Gasteiger partial charge in [-0.1, -0.05) is 0 Å². The first-order valence-corrected chi connectivity index (χ1v) is 9.39. The van der Waals surface area contributed by atoms with Crippen molar-refractivity contribution in [1.82, 2.24) is 10.2 Å². The number of β-lactam (4-membered cyclic amide) rings is 1. The Labute approximate surface area is 178 Å². The summed E-state index contributed by atoms with van der Waals surface area (Å²) < 4.78 is 15.2. The van der Waals surface area contributed by atoms with Crippen LogP contribution in [0.3, 0.4) is 0 Å². The van der Waals surface area contributed by atoms with E-state index in [2.05, 4.69) is 5.32 Å². The molecule has 0 aliphatic carbocycles. The topological polar surface area (TPSA) is 158 Å². The number of benzene rings is 1. The summed E-state index contributed by atoms with van der Waals surface area (Å²) in [7, 11) is 0. The quantitative estimate of drug-likeness (QED) is 0.186. The van der Waals surface area contributed by atoms with Gasteiger partial charge in [0, 0.05) is 12.1 Å². The Balaban J connectivity index is 1.91. The summed E-state index contributed by atoms with van der Waals surface area (Å²) in [6.45, 7) is 3.80. The maximum Gasteiger partial charge on any atom is 0.408 e. The summed E-state index contributed by atoms with van der Waals surface area (Å²) in [4.78, 5) is 47.8. The maximum absolute atomic E-state index is 12.4. The minimum atomic E-state index is -0.969. The minimum Gasteiger partial charge on any atom is -0.459 e. The number of nitrogens with zero attached hydrogens (tertiary/aromatic N) is 2. The normalized spacial score (nSPS) is 18.2. The summed E-state index contributed by atoms with van der Waals surface area (Å²) in [6, 6.07) is 3.83. The van der Waals surface area contributed by atoms with Crippen molar-refractivity contribution in [1.29, 1.82) is 0 Å². The van der Waals surface area contributed by atoms with Gasteiger partial charge in [-0.2, -0.15) is 0 Å². The van der Waals surface area contributed by atoms with Gasteiger partial charge in [-0.25, -0.2) is 4.79 Å². The molecule has 0 spiro atoms. The number of amides is 2.